The van der Waals surface area contributed by atoms with Gasteiger partial charge in [0.15, 0.2) is 0 Å². The lowest BCUT2D eigenvalue weighted by Gasteiger charge is -2.08. The molecule has 0 bridgehead atoms. The number of likely N-dealkylation sites (N-methyl/N-ethyl adjacent to an activating group) is 2. The van der Waals surface area contributed by atoms with Gasteiger partial charge in [0.05, 0.1) is 11.5 Å². The highest BCUT2D eigenvalue weighted by molar-refractivity contribution is 7.88. The molecule has 4 aromatic rings. The number of fused-ring (bicyclic) bond motifs is 2. The molecule has 252 valence electrons. The molecule has 4 rings (SSSR count). The number of rotatable bonds is 12. The van der Waals surface area contributed by atoms with Gasteiger partial charge < -0.3 is 19.8 Å². The Bertz CT molecular complexity index is 1740. The smallest absolute Gasteiger partial charge is 0.361 e. The van der Waals surface area contributed by atoms with Gasteiger partial charge in [-0.15, -0.1) is 0 Å². The maximum Gasteiger partial charge on any atom is 0.394 e. The summed E-state index contributed by atoms with van der Waals surface area (Å²) < 4.78 is 82.7. The summed E-state index contributed by atoms with van der Waals surface area (Å²) in [6.07, 6.45) is 5.89. The number of aromatic nitrogens is 2. The molecule has 0 saturated carbocycles. The lowest BCUT2D eigenvalue weighted by Crippen LogP contribution is -2.20. The van der Waals surface area contributed by atoms with E-state index in [0.717, 1.165) is 58.9 Å². The molecule has 0 atom stereocenters. The molecule has 2 heterocycles. The minimum absolute atomic E-state index is 0.0116. The van der Waals surface area contributed by atoms with Crippen LogP contribution in [0.1, 0.15) is 22.3 Å². The fourth-order valence-corrected chi connectivity index (χ4v) is 5.84. The van der Waals surface area contributed by atoms with Crippen molar-refractivity contribution in [3.05, 3.63) is 71.0 Å². The van der Waals surface area contributed by atoms with E-state index in [1.54, 1.807) is 0 Å². The van der Waals surface area contributed by atoms with E-state index in [2.05, 4.69) is 29.2 Å². The second-order valence-corrected chi connectivity index (χ2v) is 15.6. The molecular formula is C28H44N6O8S3. The van der Waals surface area contributed by atoms with Gasteiger partial charge in [0, 0.05) is 47.3 Å². The quantitative estimate of drug-likeness (QED) is 0.119. The highest BCUT2D eigenvalue weighted by Gasteiger charge is 2.12. The average molecular weight is 689 g/mol. The van der Waals surface area contributed by atoms with E-state index >= 15 is 0 Å². The molecule has 45 heavy (non-hydrogen) atoms. The standard InChI is InChI=1S/2C14H21N3O2S.H2O4S/c2*1-15-20(18,19)10-11-4-5-14-13(8-11)12(9-16-14)6-7-17(2)3;1-5(2,3)4/h2*4-5,8-9,15-16H,6-7,10H2,1-3H3;(H2,1,2,3,4). The average Bonchev–Trinajstić information content (AvgIpc) is 3.53. The number of nitrogens with one attached hydrogen (secondary N) is 4. The van der Waals surface area contributed by atoms with Gasteiger partial charge in [-0.1, -0.05) is 12.1 Å². The van der Waals surface area contributed by atoms with Crippen LogP contribution in [0.25, 0.3) is 21.8 Å². The fourth-order valence-electron chi connectivity index (χ4n) is 4.32. The summed E-state index contributed by atoms with van der Waals surface area (Å²) in [7, 11) is -0.0891. The molecule has 0 unspecified atom stereocenters. The largest absolute Gasteiger partial charge is 0.394 e. The topological polar surface area (TPSA) is 205 Å². The summed E-state index contributed by atoms with van der Waals surface area (Å²) >= 11 is 0. The third kappa shape index (κ3) is 14.0. The monoisotopic (exact) mass is 688 g/mol. The first-order valence-corrected chi connectivity index (χ1v) is 18.5. The maximum atomic E-state index is 11.6. The molecule has 14 nitrogen and oxygen atoms in total. The first-order valence-electron chi connectivity index (χ1n) is 13.8. The van der Waals surface area contributed by atoms with E-state index in [1.165, 1.54) is 25.2 Å². The van der Waals surface area contributed by atoms with Gasteiger partial charge in [0.2, 0.25) is 20.0 Å². The van der Waals surface area contributed by atoms with Gasteiger partial charge in [-0.25, -0.2) is 26.3 Å². The van der Waals surface area contributed by atoms with Crippen molar-refractivity contribution in [2.24, 2.45) is 0 Å². The Morgan fingerprint density at radius 3 is 1.27 bits per heavy atom. The normalized spacial score (nSPS) is 12.3. The van der Waals surface area contributed by atoms with E-state index in [4.69, 9.17) is 17.5 Å². The first kappa shape index (κ1) is 38.3. The minimum atomic E-state index is -4.67. The zero-order chi connectivity index (χ0) is 34.0. The van der Waals surface area contributed by atoms with Crippen molar-refractivity contribution in [3.63, 3.8) is 0 Å². The lowest BCUT2D eigenvalue weighted by atomic mass is 10.1. The van der Waals surface area contributed by atoms with Gasteiger partial charge in [-0.3, -0.25) is 9.11 Å². The van der Waals surface area contributed by atoms with Crippen LogP contribution in [-0.4, -0.2) is 110 Å². The molecule has 0 saturated heterocycles. The number of sulfonamides is 2. The predicted octanol–water partition coefficient (Wildman–Crippen LogP) is 1.99. The summed E-state index contributed by atoms with van der Waals surface area (Å²) in [4.78, 5) is 10.7. The number of hydrogen-bond donors (Lipinski definition) is 6. The third-order valence-electron chi connectivity index (χ3n) is 6.66. The number of hydrogen-bond acceptors (Lipinski definition) is 8. The van der Waals surface area contributed by atoms with Crippen molar-refractivity contribution in [3.8, 4) is 0 Å². The molecule has 0 aliphatic rings. The van der Waals surface area contributed by atoms with E-state index in [9.17, 15) is 16.8 Å². The van der Waals surface area contributed by atoms with Crippen molar-refractivity contribution < 1.29 is 34.4 Å². The fraction of sp³-hybridized carbons (Fsp3) is 0.429. The van der Waals surface area contributed by atoms with Crippen LogP contribution in [0.5, 0.6) is 0 Å². The van der Waals surface area contributed by atoms with Crippen LogP contribution >= 0.6 is 0 Å². The Morgan fingerprint density at radius 2 is 0.978 bits per heavy atom. The second kappa shape index (κ2) is 16.6. The summed E-state index contributed by atoms with van der Waals surface area (Å²) in [6, 6.07) is 11.5. The van der Waals surface area contributed by atoms with Gasteiger partial charge in [0.1, 0.15) is 0 Å². The third-order valence-corrected chi connectivity index (χ3v) is 9.33. The number of benzene rings is 2. The summed E-state index contributed by atoms with van der Waals surface area (Å²) in [6.45, 7) is 1.93. The van der Waals surface area contributed by atoms with Crippen LogP contribution in [0.2, 0.25) is 0 Å². The first-order chi connectivity index (χ1) is 20.8. The molecule has 0 radical (unpaired) electrons. The number of H-pyrrole nitrogens is 2. The van der Waals surface area contributed by atoms with Crippen LogP contribution in [0.3, 0.4) is 0 Å². The van der Waals surface area contributed by atoms with Crippen LogP contribution < -0.4 is 9.44 Å². The Hall–Kier alpha value is -2.87. The molecule has 2 aromatic heterocycles. The van der Waals surface area contributed by atoms with E-state index in [0.29, 0.717) is 0 Å². The molecular weight excluding hydrogens is 645 g/mol. The summed E-state index contributed by atoms with van der Waals surface area (Å²) in [5, 5.41) is 2.21. The van der Waals surface area contributed by atoms with Crippen LogP contribution in [0.4, 0.5) is 0 Å². The lowest BCUT2D eigenvalue weighted by molar-refractivity contribution is 0.381. The van der Waals surface area contributed by atoms with E-state index in [1.807, 2.05) is 77.0 Å². The van der Waals surface area contributed by atoms with Gasteiger partial charge >= 0.3 is 10.4 Å². The number of aromatic amines is 2. The van der Waals surface area contributed by atoms with E-state index in [-0.39, 0.29) is 11.5 Å². The zero-order valence-electron chi connectivity index (χ0n) is 26.3. The Balaban J connectivity index is 0.000000273. The van der Waals surface area contributed by atoms with Crippen LogP contribution in [-0.2, 0) is 54.8 Å². The van der Waals surface area contributed by atoms with Crippen LogP contribution in [0.15, 0.2) is 48.8 Å². The van der Waals surface area contributed by atoms with Crippen LogP contribution in [0, 0.1) is 0 Å². The van der Waals surface area contributed by atoms with Crippen molar-refractivity contribution in [1.82, 2.24) is 29.2 Å². The number of nitrogens with zero attached hydrogens (tertiary/aromatic N) is 2. The molecule has 2 aromatic carbocycles. The molecule has 0 fully saturated rings. The highest BCUT2D eigenvalue weighted by atomic mass is 32.3. The molecule has 6 N–H and O–H groups in total. The van der Waals surface area contributed by atoms with Crippen molar-refractivity contribution in [1.29, 1.82) is 0 Å². The Kier molecular flexibility index (Phi) is 14.2. The maximum absolute atomic E-state index is 11.6. The van der Waals surface area contributed by atoms with Crippen molar-refractivity contribution >= 4 is 52.3 Å². The SMILES string of the molecule is CNS(=O)(=O)Cc1ccc2[nH]cc(CCN(C)C)c2c1.CNS(=O)(=O)Cc1ccc2[nH]cc(CCN(C)C)c2c1.O=S(=O)(O)O. The Morgan fingerprint density at radius 1 is 0.644 bits per heavy atom. The van der Waals surface area contributed by atoms with Gasteiger partial charge in [-0.2, -0.15) is 8.42 Å². The molecule has 0 spiro atoms. The molecule has 0 aliphatic heterocycles. The summed E-state index contributed by atoms with van der Waals surface area (Å²) in [5.41, 5.74) is 6.14. The van der Waals surface area contributed by atoms with Gasteiger partial charge in [-0.05, 0) is 102 Å². The zero-order valence-corrected chi connectivity index (χ0v) is 28.8. The highest BCUT2D eigenvalue weighted by Crippen LogP contribution is 2.22. The minimum Gasteiger partial charge on any atom is -0.361 e. The molecule has 0 amide bonds. The summed E-state index contributed by atoms with van der Waals surface area (Å²) in [5.74, 6) is 0.0233. The van der Waals surface area contributed by atoms with Crippen molar-refractivity contribution in [2.75, 3.05) is 55.4 Å². The van der Waals surface area contributed by atoms with Crippen molar-refractivity contribution in [2.45, 2.75) is 24.3 Å². The van der Waals surface area contributed by atoms with Gasteiger partial charge in [0.25, 0.3) is 0 Å². The van der Waals surface area contributed by atoms with E-state index < -0.39 is 30.4 Å². The second-order valence-electron chi connectivity index (χ2n) is 10.9. The predicted molar refractivity (Wildman–Crippen MR) is 179 cm³/mol. The Labute approximate surface area is 265 Å². The molecule has 0 aliphatic carbocycles. The molecule has 17 heteroatoms.